The van der Waals surface area contributed by atoms with Crippen LogP contribution in [0.15, 0.2) is 47.6 Å². The number of carbonyl (C=O) groups is 2. The predicted octanol–water partition coefficient (Wildman–Crippen LogP) is 3.78. The molecule has 1 aliphatic heterocycles. The Labute approximate surface area is 173 Å². The van der Waals surface area contributed by atoms with Gasteiger partial charge < -0.3 is 14.6 Å². The lowest BCUT2D eigenvalue weighted by atomic mass is 9.98. The fraction of sp³-hybridized carbons (Fsp3) is 0.318. The summed E-state index contributed by atoms with van der Waals surface area (Å²) in [7, 11) is 3.09. The van der Waals surface area contributed by atoms with Gasteiger partial charge in [-0.2, -0.15) is 5.10 Å². The fourth-order valence-corrected chi connectivity index (χ4v) is 3.38. The van der Waals surface area contributed by atoms with Gasteiger partial charge in [0.2, 0.25) is 5.91 Å². The van der Waals surface area contributed by atoms with Crippen molar-refractivity contribution in [3.8, 4) is 11.5 Å². The molecule has 2 aromatic rings. The van der Waals surface area contributed by atoms with Gasteiger partial charge in [-0.15, -0.1) is 0 Å². The first kappa shape index (κ1) is 21.3. The van der Waals surface area contributed by atoms with Crippen LogP contribution in [0.5, 0.6) is 11.5 Å². The molecule has 0 aromatic heterocycles. The Balaban J connectivity index is 1.90. The molecule has 0 saturated heterocycles. The van der Waals surface area contributed by atoms with E-state index in [4.69, 9.17) is 14.6 Å². The molecule has 30 heavy (non-hydrogen) atoms. The molecule has 0 aliphatic carbocycles. The van der Waals surface area contributed by atoms with Crippen LogP contribution in [0.4, 0.5) is 4.39 Å². The van der Waals surface area contributed by atoms with Crippen molar-refractivity contribution in [1.82, 2.24) is 5.01 Å². The van der Waals surface area contributed by atoms with Gasteiger partial charge in [0.05, 0.1) is 26.0 Å². The second-order valence-electron chi connectivity index (χ2n) is 6.87. The van der Waals surface area contributed by atoms with Crippen molar-refractivity contribution in [2.24, 2.45) is 5.10 Å². The summed E-state index contributed by atoms with van der Waals surface area (Å²) in [5.74, 6) is -0.467. The quantitative estimate of drug-likeness (QED) is 0.710. The van der Waals surface area contributed by atoms with Crippen LogP contribution in [-0.2, 0) is 9.59 Å². The molecule has 0 unspecified atom stereocenters. The van der Waals surface area contributed by atoms with E-state index < -0.39 is 12.0 Å². The molecule has 1 atom stereocenters. The molecule has 1 amide bonds. The van der Waals surface area contributed by atoms with Crippen LogP contribution in [-0.4, -0.2) is 41.9 Å². The molecule has 7 nitrogen and oxygen atoms in total. The zero-order valence-electron chi connectivity index (χ0n) is 16.8. The first-order valence-electron chi connectivity index (χ1n) is 9.52. The highest BCUT2D eigenvalue weighted by molar-refractivity contribution is 6.03. The highest BCUT2D eigenvalue weighted by Gasteiger charge is 2.33. The third kappa shape index (κ3) is 4.76. The lowest BCUT2D eigenvalue weighted by Gasteiger charge is -2.22. The molecule has 0 spiro atoms. The highest BCUT2D eigenvalue weighted by Crippen LogP contribution is 2.35. The van der Waals surface area contributed by atoms with E-state index in [1.54, 1.807) is 31.4 Å². The van der Waals surface area contributed by atoms with E-state index in [1.807, 2.05) is 6.07 Å². The highest BCUT2D eigenvalue weighted by atomic mass is 19.1. The van der Waals surface area contributed by atoms with E-state index in [0.717, 1.165) is 11.1 Å². The number of amides is 1. The molecule has 2 aromatic carbocycles. The molecule has 1 heterocycles. The van der Waals surface area contributed by atoms with Gasteiger partial charge in [-0.1, -0.05) is 12.1 Å². The molecule has 0 radical (unpaired) electrons. The van der Waals surface area contributed by atoms with Crippen molar-refractivity contribution in [3.05, 3.63) is 59.4 Å². The van der Waals surface area contributed by atoms with E-state index in [2.05, 4.69) is 5.10 Å². The molecule has 0 bridgehead atoms. The molecule has 3 rings (SSSR count). The predicted molar refractivity (Wildman–Crippen MR) is 108 cm³/mol. The Morgan fingerprint density at radius 1 is 1.10 bits per heavy atom. The van der Waals surface area contributed by atoms with Gasteiger partial charge in [0, 0.05) is 24.8 Å². The number of hydrogen-bond donors (Lipinski definition) is 1. The average Bonchev–Trinajstić information content (AvgIpc) is 3.19. The molecule has 8 heteroatoms. The third-order valence-electron chi connectivity index (χ3n) is 4.92. The summed E-state index contributed by atoms with van der Waals surface area (Å²) < 4.78 is 24.0. The van der Waals surface area contributed by atoms with Crippen molar-refractivity contribution >= 4 is 17.6 Å². The molecule has 158 valence electrons. The minimum atomic E-state index is -0.950. The largest absolute Gasteiger partial charge is 0.493 e. The maximum absolute atomic E-state index is 13.4. The molecule has 1 aliphatic rings. The first-order chi connectivity index (χ1) is 14.4. The average molecular weight is 414 g/mol. The van der Waals surface area contributed by atoms with E-state index in [0.29, 0.717) is 23.6 Å². The number of benzene rings is 2. The van der Waals surface area contributed by atoms with Crippen LogP contribution in [0.1, 0.15) is 42.9 Å². The Bertz CT molecular complexity index is 959. The number of hydrazone groups is 1. The fourth-order valence-electron chi connectivity index (χ4n) is 3.38. The Morgan fingerprint density at radius 3 is 2.43 bits per heavy atom. The molecular weight excluding hydrogens is 391 g/mol. The number of carboxylic acids is 1. The van der Waals surface area contributed by atoms with Crippen molar-refractivity contribution in [3.63, 3.8) is 0 Å². The van der Waals surface area contributed by atoms with Crippen molar-refractivity contribution in [2.45, 2.75) is 31.7 Å². The Hall–Kier alpha value is -3.42. The summed E-state index contributed by atoms with van der Waals surface area (Å²) >= 11 is 0. The zero-order valence-corrected chi connectivity index (χ0v) is 16.8. The number of aliphatic carboxylic acids is 1. The minimum Gasteiger partial charge on any atom is -0.493 e. The van der Waals surface area contributed by atoms with Crippen molar-refractivity contribution < 1.29 is 28.6 Å². The summed E-state index contributed by atoms with van der Waals surface area (Å²) in [5, 5.41) is 14.7. The monoisotopic (exact) mass is 414 g/mol. The number of halogens is 1. The summed E-state index contributed by atoms with van der Waals surface area (Å²) in [6.07, 6.45) is 0.632. The maximum Gasteiger partial charge on any atom is 0.303 e. The van der Waals surface area contributed by atoms with Crippen molar-refractivity contribution in [1.29, 1.82) is 0 Å². The van der Waals surface area contributed by atoms with Crippen LogP contribution in [0.2, 0.25) is 0 Å². The summed E-state index contributed by atoms with van der Waals surface area (Å²) in [4.78, 5) is 23.5. The van der Waals surface area contributed by atoms with Gasteiger partial charge in [0.25, 0.3) is 0 Å². The lowest BCUT2D eigenvalue weighted by molar-refractivity contribution is -0.137. The van der Waals surface area contributed by atoms with Crippen LogP contribution in [0.25, 0.3) is 0 Å². The number of methoxy groups -OCH3 is 2. The van der Waals surface area contributed by atoms with E-state index in [9.17, 15) is 14.0 Å². The maximum atomic E-state index is 13.4. The SMILES string of the molecule is COc1ccc(C2=NN(C(=O)CCCC(=O)O)[C@@H](c3ccc(F)cc3)C2)cc1OC. The number of ether oxygens (including phenoxy) is 2. The van der Waals surface area contributed by atoms with Gasteiger partial charge in [0.1, 0.15) is 5.82 Å². The summed E-state index contributed by atoms with van der Waals surface area (Å²) in [6, 6.07) is 10.9. The second kappa shape index (κ2) is 9.39. The summed E-state index contributed by atoms with van der Waals surface area (Å²) in [6.45, 7) is 0. The first-order valence-corrected chi connectivity index (χ1v) is 9.52. The topological polar surface area (TPSA) is 88.4 Å². The zero-order chi connectivity index (χ0) is 21.7. The minimum absolute atomic E-state index is 0.0622. The van der Waals surface area contributed by atoms with E-state index in [-0.39, 0.29) is 31.0 Å². The molecule has 0 saturated carbocycles. The van der Waals surface area contributed by atoms with E-state index >= 15 is 0 Å². The number of hydrogen-bond acceptors (Lipinski definition) is 5. The van der Waals surface area contributed by atoms with Crippen LogP contribution >= 0.6 is 0 Å². The number of carbonyl (C=O) groups excluding carboxylic acids is 1. The van der Waals surface area contributed by atoms with Crippen LogP contribution < -0.4 is 9.47 Å². The van der Waals surface area contributed by atoms with Gasteiger partial charge in [-0.05, 0) is 42.3 Å². The van der Waals surface area contributed by atoms with Gasteiger partial charge >= 0.3 is 5.97 Å². The lowest BCUT2D eigenvalue weighted by Crippen LogP contribution is -2.27. The van der Waals surface area contributed by atoms with Crippen molar-refractivity contribution in [2.75, 3.05) is 14.2 Å². The summed E-state index contributed by atoms with van der Waals surface area (Å²) in [5.41, 5.74) is 2.21. The number of carboxylic acid groups (broad SMARTS) is 1. The second-order valence-corrected chi connectivity index (χ2v) is 6.87. The molecule has 0 fully saturated rings. The van der Waals surface area contributed by atoms with Gasteiger partial charge in [-0.25, -0.2) is 9.40 Å². The van der Waals surface area contributed by atoms with E-state index in [1.165, 1.54) is 24.3 Å². The third-order valence-corrected chi connectivity index (χ3v) is 4.92. The van der Waals surface area contributed by atoms with Crippen LogP contribution in [0, 0.1) is 5.82 Å². The number of rotatable bonds is 8. The number of nitrogens with zero attached hydrogens (tertiary/aromatic N) is 2. The van der Waals surface area contributed by atoms with Crippen LogP contribution in [0.3, 0.4) is 0 Å². The standard InChI is InChI=1S/C22H23FN2O5/c1-29-19-11-8-15(12-20(19)30-2)17-13-18(14-6-9-16(23)10-7-14)25(24-17)21(26)4-3-5-22(27)28/h6-12,18H,3-5,13H2,1-2H3,(H,27,28)/t18-/m1/s1. The Morgan fingerprint density at radius 2 is 1.80 bits per heavy atom. The van der Waals surface area contributed by atoms with Gasteiger partial charge in [-0.3, -0.25) is 9.59 Å². The molecule has 1 N–H and O–H groups in total. The van der Waals surface area contributed by atoms with Gasteiger partial charge in [0.15, 0.2) is 11.5 Å². The smallest absolute Gasteiger partial charge is 0.303 e. The Kier molecular flexibility index (Phi) is 6.66. The molecular formula is C22H23FN2O5. The normalized spacial score (nSPS) is 15.6.